The largest absolute Gasteiger partial charge is 0.395 e. The number of pyridine rings is 1. The third-order valence-corrected chi connectivity index (χ3v) is 8.60. The summed E-state index contributed by atoms with van der Waals surface area (Å²) >= 11 is 0. The third kappa shape index (κ3) is 5.06. The number of aliphatic imine (C=N–C) groups is 1. The Kier molecular flexibility index (Phi) is 7.69. The molecule has 1 saturated heterocycles. The summed E-state index contributed by atoms with van der Waals surface area (Å²) in [5.74, 6) is 2.70. The van der Waals surface area contributed by atoms with E-state index in [2.05, 4.69) is 15.2 Å². The predicted molar refractivity (Wildman–Crippen MR) is 142 cm³/mol. The van der Waals surface area contributed by atoms with Crippen LogP contribution in [0, 0.1) is 18.8 Å². The molecule has 36 heavy (non-hydrogen) atoms. The van der Waals surface area contributed by atoms with Gasteiger partial charge in [0.05, 0.1) is 12.7 Å². The van der Waals surface area contributed by atoms with E-state index in [-0.39, 0.29) is 18.2 Å². The molecule has 2 fully saturated rings. The number of aromatic nitrogens is 3. The van der Waals surface area contributed by atoms with Crippen molar-refractivity contribution in [1.29, 1.82) is 0 Å². The quantitative estimate of drug-likeness (QED) is 0.562. The molecule has 9 heteroatoms. The van der Waals surface area contributed by atoms with Crippen LogP contribution in [0.1, 0.15) is 81.6 Å². The van der Waals surface area contributed by atoms with Crippen molar-refractivity contribution in [1.82, 2.24) is 19.4 Å². The fraction of sp³-hybridized carbons (Fsp3) is 0.704. The average Bonchev–Trinajstić information content (AvgIpc) is 3.39. The van der Waals surface area contributed by atoms with Gasteiger partial charge in [0.2, 0.25) is 5.95 Å². The molecule has 0 aromatic carbocycles. The highest BCUT2D eigenvalue weighted by atomic mass is 16.3. The molecule has 5 rings (SSSR count). The second-order valence-corrected chi connectivity index (χ2v) is 10.9. The van der Waals surface area contributed by atoms with E-state index in [0.717, 1.165) is 81.5 Å². The molecular weight excluding hydrogens is 456 g/mol. The first-order valence-corrected chi connectivity index (χ1v) is 13.7. The minimum Gasteiger partial charge on any atom is -0.395 e. The molecule has 2 atom stereocenters. The number of β-amino-alcohol motifs (C(OH)–C–C–N with tert-alkyl or cyclic N) is 1. The van der Waals surface area contributed by atoms with Crippen LogP contribution in [-0.2, 0) is 0 Å². The third-order valence-electron chi connectivity index (χ3n) is 8.60. The number of anilines is 1. The van der Waals surface area contributed by atoms with Crippen molar-refractivity contribution in [2.24, 2.45) is 16.8 Å². The SMILES string of the molecule is Cc1c(C(C)O)c(=O)n(C2CCCC2)c2nc(NC3=NCC(C4CCN(CCO)CC4)CC3)ncc12. The summed E-state index contributed by atoms with van der Waals surface area (Å²) in [5.41, 5.74) is 1.72. The van der Waals surface area contributed by atoms with Crippen molar-refractivity contribution in [2.75, 3.05) is 38.1 Å². The zero-order chi connectivity index (χ0) is 25.2. The van der Waals surface area contributed by atoms with Gasteiger partial charge in [-0.3, -0.25) is 14.4 Å². The zero-order valence-corrected chi connectivity index (χ0v) is 21.6. The molecule has 1 saturated carbocycles. The number of fused-ring (bicyclic) bond motifs is 1. The monoisotopic (exact) mass is 496 g/mol. The summed E-state index contributed by atoms with van der Waals surface area (Å²) in [7, 11) is 0. The van der Waals surface area contributed by atoms with Crippen LogP contribution in [0.3, 0.4) is 0 Å². The Morgan fingerprint density at radius 3 is 2.53 bits per heavy atom. The lowest BCUT2D eigenvalue weighted by molar-refractivity contribution is 0.122. The van der Waals surface area contributed by atoms with Crippen LogP contribution in [-0.4, -0.2) is 68.3 Å². The minimum absolute atomic E-state index is 0.109. The van der Waals surface area contributed by atoms with Gasteiger partial charge in [0.15, 0.2) is 0 Å². The fourth-order valence-electron chi connectivity index (χ4n) is 6.53. The highest BCUT2D eigenvalue weighted by Gasteiger charge is 2.29. The van der Waals surface area contributed by atoms with Gasteiger partial charge in [-0.15, -0.1) is 0 Å². The van der Waals surface area contributed by atoms with Gasteiger partial charge < -0.3 is 20.4 Å². The summed E-state index contributed by atoms with van der Waals surface area (Å²) in [6.07, 6.45) is 9.41. The number of nitrogens with zero attached hydrogens (tertiary/aromatic N) is 5. The molecule has 3 N–H and O–H groups in total. The van der Waals surface area contributed by atoms with Crippen molar-refractivity contribution in [3.63, 3.8) is 0 Å². The highest BCUT2D eigenvalue weighted by molar-refractivity contribution is 5.95. The topological polar surface area (TPSA) is 116 Å². The molecule has 1 aliphatic carbocycles. The van der Waals surface area contributed by atoms with Crippen LogP contribution in [0.5, 0.6) is 0 Å². The maximum Gasteiger partial charge on any atom is 0.258 e. The molecular formula is C27H40N6O3. The van der Waals surface area contributed by atoms with Gasteiger partial charge >= 0.3 is 0 Å². The smallest absolute Gasteiger partial charge is 0.258 e. The number of hydrogen-bond acceptors (Lipinski definition) is 8. The Balaban J connectivity index is 1.35. The van der Waals surface area contributed by atoms with Crippen LogP contribution in [0.4, 0.5) is 5.95 Å². The molecule has 2 unspecified atom stereocenters. The first kappa shape index (κ1) is 25.3. The van der Waals surface area contributed by atoms with Crippen molar-refractivity contribution in [3.8, 4) is 0 Å². The molecule has 2 aliphatic heterocycles. The minimum atomic E-state index is -0.834. The normalized spacial score (nSPS) is 23.2. The molecule has 196 valence electrons. The summed E-state index contributed by atoms with van der Waals surface area (Å²) in [6, 6.07) is 0.109. The van der Waals surface area contributed by atoms with Gasteiger partial charge in [0.1, 0.15) is 11.5 Å². The highest BCUT2D eigenvalue weighted by Crippen LogP contribution is 2.33. The van der Waals surface area contributed by atoms with Gasteiger partial charge in [-0.05, 0) is 76.4 Å². The Hall–Kier alpha value is -2.36. The van der Waals surface area contributed by atoms with Gasteiger partial charge in [-0.1, -0.05) is 12.8 Å². The summed E-state index contributed by atoms with van der Waals surface area (Å²) in [6.45, 7) is 7.51. The lowest BCUT2D eigenvalue weighted by atomic mass is 9.80. The Bertz CT molecular complexity index is 1160. The van der Waals surface area contributed by atoms with Crippen molar-refractivity contribution < 1.29 is 10.2 Å². The lowest BCUT2D eigenvalue weighted by Gasteiger charge is -2.36. The molecule has 3 aliphatic rings. The van der Waals surface area contributed by atoms with E-state index < -0.39 is 6.10 Å². The van der Waals surface area contributed by atoms with Crippen LogP contribution >= 0.6 is 0 Å². The number of nitrogens with one attached hydrogen (secondary N) is 1. The van der Waals surface area contributed by atoms with E-state index in [1.807, 2.05) is 11.5 Å². The maximum atomic E-state index is 13.5. The maximum absolute atomic E-state index is 13.5. The molecule has 0 spiro atoms. The van der Waals surface area contributed by atoms with Gasteiger partial charge in [-0.25, -0.2) is 4.98 Å². The van der Waals surface area contributed by atoms with E-state index in [1.54, 1.807) is 13.1 Å². The molecule has 0 amide bonds. The summed E-state index contributed by atoms with van der Waals surface area (Å²) < 4.78 is 1.81. The number of amidine groups is 1. The predicted octanol–water partition coefficient (Wildman–Crippen LogP) is 3.19. The number of piperidine rings is 1. The van der Waals surface area contributed by atoms with Crippen molar-refractivity contribution >= 4 is 22.8 Å². The average molecular weight is 497 g/mol. The fourth-order valence-corrected chi connectivity index (χ4v) is 6.53. The van der Waals surface area contributed by atoms with Crippen LogP contribution in [0.2, 0.25) is 0 Å². The molecule has 4 heterocycles. The summed E-state index contributed by atoms with van der Waals surface area (Å²) in [5, 5.41) is 23.7. The van der Waals surface area contributed by atoms with Crippen LogP contribution in [0.15, 0.2) is 16.0 Å². The van der Waals surface area contributed by atoms with E-state index >= 15 is 0 Å². The number of aliphatic hydroxyl groups excluding tert-OH is 2. The second kappa shape index (κ2) is 10.9. The van der Waals surface area contributed by atoms with Crippen LogP contribution in [0.25, 0.3) is 11.0 Å². The molecule has 0 radical (unpaired) electrons. The first-order valence-electron chi connectivity index (χ1n) is 13.7. The van der Waals surface area contributed by atoms with E-state index in [0.29, 0.717) is 29.0 Å². The van der Waals surface area contributed by atoms with Gasteiger partial charge in [0, 0.05) is 42.7 Å². The number of rotatable bonds is 6. The Morgan fingerprint density at radius 1 is 1.14 bits per heavy atom. The summed E-state index contributed by atoms with van der Waals surface area (Å²) in [4.78, 5) is 30.1. The molecule has 0 bridgehead atoms. The second-order valence-electron chi connectivity index (χ2n) is 10.9. The Morgan fingerprint density at radius 2 is 1.89 bits per heavy atom. The number of likely N-dealkylation sites (tertiary alicyclic amines) is 1. The molecule has 2 aromatic rings. The molecule has 2 aromatic heterocycles. The zero-order valence-electron chi connectivity index (χ0n) is 21.6. The molecule has 9 nitrogen and oxygen atoms in total. The van der Waals surface area contributed by atoms with E-state index in [9.17, 15) is 9.90 Å². The van der Waals surface area contributed by atoms with Gasteiger partial charge in [0.25, 0.3) is 5.56 Å². The lowest BCUT2D eigenvalue weighted by Crippen LogP contribution is -2.39. The van der Waals surface area contributed by atoms with Crippen molar-refractivity contribution in [2.45, 2.75) is 77.4 Å². The number of aryl methyl sites for hydroxylation is 1. The van der Waals surface area contributed by atoms with E-state index in [1.165, 1.54) is 12.8 Å². The first-order chi connectivity index (χ1) is 17.5. The number of aliphatic hydroxyl groups is 2. The number of hydrogen-bond donors (Lipinski definition) is 3. The Labute approximate surface area is 212 Å². The van der Waals surface area contributed by atoms with Crippen molar-refractivity contribution in [3.05, 3.63) is 27.7 Å². The standard InChI is InChI=1S/C27H40N6O3/c1-17-22-16-29-27(31-25(22)33(21-5-3-4-6-21)26(36)24(17)18(2)35)30-23-8-7-20(15-28-23)19-9-11-32(12-10-19)13-14-34/h16,18-21,34-35H,3-15H2,1-2H3,(H,28,29,30,31). The van der Waals surface area contributed by atoms with Gasteiger partial charge in [-0.2, -0.15) is 4.98 Å². The van der Waals surface area contributed by atoms with E-state index in [4.69, 9.17) is 15.1 Å². The van der Waals surface area contributed by atoms with Crippen LogP contribution < -0.4 is 10.9 Å².